The van der Waals surface area contributed by atoms with Gasteiger partial charge in [0.2, 0.25) is 0 Å². The van der Waals surface area contributed by atoms with E-state index in [1.165, 1.54) is 25.1 Å². The molecule has 1 aromatic carbocycles. The molecule has 6 nitrogen and oxygen atoms in total. The van der Waals surface area contributed by atoms with Crippen molar-refractivity contribution < 1.29 is 28.9 Å². The summed E-state index contributed by atoms with van der Waals surface area (Å²) < 4.78 is 15.2. The smallest absolute Gasteiger partial charge is 0.308 e. The van der Waals surface area contributed by atoms with Crippen molar-refractivity contribution in [1.82, 2.24) is 0 Å². The van der Waals surface area contributed by atoms with Crippen LogP contribution in [-0.4, -0.2) is 24.6 Å². The molecular formula is C11H9O6-. The van der Waals surface area contributed by atoms with E-state index in [1.807, 2.05) is 0 Å². The largest absolute Gasteiger partial charge is 0.546 e. The number of carbonyl (C=O) groups excluding carboxylic acids is 2. The van der Waals surface area contributed by atoms with Crippen LogP contribution in [0.2, 0.25) is 0 Å². The monoisotopic (exact) mass is 237 g/mol. The summed E-state index contributed by atoms with van der Waals surface area (Å²) in [5.74, 6) is -0.858. The summed E-state index contributed by atoms with van der Waals surface area (Å²) in [5.41, 5.74) is 0. The first kappa shape index (κ1) is 11.3. The van der Waals surface area contributed by atoms with Crippen LogP contribution in [0.1, 0.15) is 6.92 Å². The molecule has 0 spiro atoms. The van der Waals surface area contributed by atoms with Crippen LogP contribution in [0.5, 0.6) is 17.2 Å². The Hall–Kier alpha value is -2.24. The van der Waals surface area contributed by atoms with E-state index in [9.17, 15) is 14.7 Å². The number of carboxylic acid groups (broad SMARTS) is 1. The van der Waals surface area contributed by atoms with Crippen molar-refractivity contribution in [3.8, 4) is 17.2 Å². The summed E-state index contributed by atoms with van der Waals surface area (Å²) in [6.45, 7) is 1.14. The number of aliphatic carboxylic acids is 1. The molecule has 0 amide bonds. The van der Waals surface area contributed by atoms with Crippen LogP contribution in [0.4, 0.5) is 0 Å². The van der Waals surface area contributed by atoms with Gasteiger partial charge in [-0.05, 0) is 12.1 Å². The van der Waals surface area contributed by atoms with Gasteiger partial charge in [-0.3, -0.25) is 4.79 Å². The quantitative estimate of drug-likeness (QED) is 0.509. The zero-order valence-corrected chi connectivity index (χ0v) is 8.97. The lowest BCUT2D eigenvalue weighted by Crippen LogP contribution is -2.45. The Morgan fingerprint density at radius 2 is 2.18 bits per heavy atom. The average molecular weight is 237 g/mol. The van der Waals surface area contributed by atoms with E-state index in [2.05, 4.69) is 0 Å². The molecule has 2 rings (SSSR count). The SMILES string of the molecule is CC(=O)Oc1ccc2c(c1)OCC(C(=O)[O-])O2. The fraction of sp³-hybridized carbons (Fsp3) is 0.273. The molecule has 0 aliphatic carbocycles. The second-order valence-corrected chi connectivity index (χ2v) is 3.44. The maximum absolute atomic E-state index is 10.7. The van der Waals surface area contributed by atoms with Crippen LogP contribution in [0.3, 0.4) is 0 Å². The predicted molar refractivity (Wildman–Crippen MR) is 52.7 cm³/mol. The molecule has 0 radical (unpaired) electrons. The van der Waals surface area contributed by atoms with Gasteiger partial charge in [0.15, 0.2) is 17.6 Å². The van der Waals surface area contributed by atoms with E-state index >= 15 is 0 Å². The topological polar surface area (TPSA) is 84.9 Å². The Morgan fingerprint density at radius 3 is 2.82 bits per heavy atom. The lowest BCUT2D eigenvalue weighted by atomic mass is 10.2. The first-order valence-corrected chi connectivity index (χ1v) is 4.89. The number of esters is 1. The third kappa shape index (κ3) is 2.47. The van der Waals surface area contributed by atoms with E-state index in [0.717, 1.165) is 0 Å². The first-order valence-electron chi connectivity index (χ1n) is 4.89. The summed E-state index contributed by atoms with van der Waals surface area (Å²) >= 11 is 0. The van der Waals surface area contributed by atoms with Gasteiger partial charge in [-0.2, -0.15) is 0 Å². The normalized spacial score (nSPS) is 17.4. The average Bonchev–Trinajstić information content (AvgIpc) is 2.27. The maximum Gasteiger partial charge on any atom is 0.308 e. The van der Waals surface area contributed by atoms with Crippen molar-refractivity contribution in [3.63, 3.8) is 0 Å². The summed E-state index contributed by atoms with van der Waals surface area (Å²) in [4.78, 5) is 21.3. The Morgan fingerprint density at radius 1 is 1.41 bits per heavy atom. The molecule has 6 heteroatoms. The van der Waals surface area contributed by atoms with Crippen molar-refractivity contribution in [3.05, 3.63) is 18.2 Å². The van der Waals surface area contributed by atoms with E-state index < -0.39 is 18.0 Å². The fourth-order valence-electron chi connectivity index (χ4n) is 1.40. The van der Waals surface area contributed by atoms with Crippen LogP contribution in [0.15, 0.2) is 18.2 Å². The minimum absolute atomic E-state index is 0.140. The number of hydrogen-bond acceptors (Lipinski definition) is 6. The number of carbonyl (C=O) groups is 2. The number of fused-ring (bicyclic) bond motifs is 1. The molecule has 0 saturated carbocycles. The number of carboxylic acids is 1. The molecule has 0 fully saturated rings. The molecule has 0 bridgehead atoms. The molecule has 90 valence electrons. The van der Waals surface area contributed by atoms with Gasteiger partial charge in [-0.15, -0.1) is 0 Å². The third-order valence-electron chi connectivity index (χ3n) is 2.10. The molecule has 0 aromatic heterocycles. The highest BCUT2D eigenvalue weighted by molar-refractivity contribution is 5.72. The standard InChI is InChI=1S/C11H10O6/c1-6(12)16-7-2-3-8-9(4-7)15-5-10(17-8)11(13)14/h2-4,10H,5H2,1H3,(H,13,14)/p-1. The zero-order chi connectivity index (χ0) is 12.4. The highest BCUT2D eigenvalue weighted by Gasteiger charge is 2.22. The summed E-state index contributed by atoms with van der Waals surface area (Å²) in [6, 6.07) is 4.42. The Balaban J connectivity index is 2.19. The Kier molecular flexibility index (Phi) is 2.86. The first-order chi connectivity index (χ1) is 8.06. The van der Waals surface area contributed by atoms with Crippen LogP contribution >= 0.6 is 0 Å². The van der Waals surface area contributed by atoms with Crippen molar-refractivity contribution >= 4 is 11.9 Å². The fourth-order valence-corrected chi connectivity index (χ4v) is 1.40. The van der Waals surface area contributed by atoms with Gasteiger partial charge in [0.1, 0.15) is 12.4 Å². The van der Waals surface area contributed by atoms with Crippen LogP contribution in [0, 0.1) is 0 Å². The Labute approximate surface area is 96.7 Å². The number of benzene rings is 1. The van der Waals surface area contributed by atoms with Gasteiger partial charge in [-0.1, -0.05) is 0 Å². The van der Waals surface area contributed by atoms with Crippen molar-refractivity contribution in [2.24, 2.45) is 0 Å². The van der Waals surface area contributed by atoms with Crippen molar-refractivity contribution in [2.75, 3.05) is 6.61 Å². The maximum atomic E-state index is 10.7. The second kappa shape index (κ2) is 4.32. The molecule has 1 atom stereocenters. The lowest BCUT2D eigenvalue weighted by molar-refractivity contribution is -0.315. The summed E-state index contributed by atoms with van der Waals surface area (Å²) in [5, 5.41) is 10.6. The van der Waals surface area contributed by atoms with Crippen molar-refractivity contribution in [2.45, 2.75) is 13.0 Å². The Bertz CT molecular complexity index is 467. The second-order valence-electron chi connectivity index (χ2n) is 3.44. The molecule has 1 aliphatic rings. The van der Waals surface area contributed by atoms with Gasteiger partial charge in [0.25, 0.3) is 0 Å². The van der Waals surface area contributed by atoms with E-state index in [1.54, 1.807) is 0 Å². The predicted octanol–water partition coefficient (Wildman–Crippen LogP) is -0.498. The molecule has 1 unspecified atom stereocenters. The molecule has 0 saturated heterocycles. The minimum Gasteiger partial charge on any atom is -0.546 e. The van der Waals surface area contributed by atoms with E-state index in [-0.39, 0.29) is 12.4 Å². The molecule has 1 heterocycles. The van der Waals surface area contributed by atoms with Gasteiger partial charge in [-0.25, -0.2) is 0 Å². The minimum atomic E-state index is -1.33. The highest BCUT2D eigenvalue weighted by atomic mass is 16.6. The lowest BCUT2D eigenvalue weighted by Gasteiger charge is -2.27. The van der Waals surface area contributed by atoms with E-state index in [0.29, 0.717) is 11.5 Å². The van der Waals surface area contributed by atoms with Gasteiger partial charge >= 0.3 is 5.97 Å². The molecule has 0 N–H and O–H groups in total. The molecule has 1 aliphatic heterocycles. The number of rotatable bonds is 2. The molecular weight excluding hydrogens is 228 g/mol. The van der Waals surface area contributed by atoms with Gasteiger partial charge < -0.3 is 24.1 Å². The molecule has 17 heavy (non-hydrogen) atoms. The number of ether oxygens (including phenoxy) is 3. The van der Waals surface area contributed by atoms with Crippen molar-refractivity contribution in [1.29, 1.82) is 0 Å². The molecule has 1 aromatic rings. The highest BCUT2D eigenvalue weighted by Crippen LogP contribution is 2.34. The summed E-state index contributed by atoms with van der Waals surface area (Å²) in [6.07, 6.45) is -1.12. The van der Waals surface area contributed by atoms with Gasteiger partial charge in [0.05, 0.1) is 5.97 Å². The number of hydrogen-bond donors (Lipinski definition) is 0. The van der Waals surface area contributed by atoms with E-state index in [4.69, 9.17) is 14.2 Å². The van der Waals surface area contributed by atoms with Crippen LogP contribution in [-0.2, 0) is 9.59 Å². The third-order valence-corrected chi connectivity index (χ3v) is 2.10. The van der Waals surface area contributed by atoms with Crippen LogP contribution < -0.4 is 19.3 Å². The zero-order valence-electron chi connectivity index (χ0n) is 8.97. The van der Waals surface area contributed by atoms with Gasteiger partial charge in [0, 0.05) is 13.0 Å². The summed E-state index contributed by atoms with van der Waals surface area (Å²) in [7, 11) is 0. The van der Waals surface area contributed by atoms with Crippen LogP contribution in [0.25, 0.3) is 0 Å².